The van der Waals surface area contributed by atoms with Gasteiger partial charge in [-0.2, -0.15) is 0 Å². The molecule has 0 spiro atoms. The third kappa shape index (κ3) is 1.24. The number of halogens is 2. The topological polar surface area (TPSA) is 55.1 Å². The number of nitrogens with one attached hydrogen (secondary N) is 1. The van der Waals surface area contributed by atoms with Crippen LogP contribution in [0.15, 0.2) is 12.1 Å². The fourth-order valence-corrected chi connectivity index (χ4v) is 2.39. The molecule has 3 nitrogen and oxygen atoms in total. The summed E-state index contributed by atoms with van der Waals surface area (Å²) in [6, 6.07) is 1.43. The molecule has 1 aliphatic carbocycles. The van der Waals surface area contributed by atoms with E-state index in [0.29, 0.717) is 5.56 Å². The zero-order valence-corrected chi connectivity index (χ0v) is 8.34. The molecule has 16 heavy (non-hydrogen) atoms. The summed E-state index contributed by atoms with van der Waals surface area (Å²) in [5.41, 5.74) is 6.32. The molecule has 1 saturated carbocycles. The van der Waals surface area contributed by atoms with Gasteiger partial charge >= 0.3 is 0 Å². The van der Waals surface area contributed by atoms with Gasteiger partial charge in [-0.15, -0.1) is 0 Å². The van der Waals surface area contributed by atoms with E-state index in [9.17, 15) is 13.6 Å². The average molecular weight is 224 g/mol. The third-order valence-corrected chi connectivity index (χ3v) is 3.34. The molecule has 1 fully saturated rings. The van der Waals surface area contributed by atoms with E-state index in [0.717, 1.165) is 12.5 Å². The summed E-state index contributed by atoms with van der Waals surface area (Å²) >= 11 is 0. The second-order valence-corrected chi connectivity index (χ2v) is 4.37. The Morgan fingerprint density at radius 1 is 1.38 bits per heavy atom. The quantitative estimate of drug-likeness (QED) is 0.698. The van der Waals surface area contributed by atoms with Crippen LogP contribution >= 0.6 is 0 Å². The Morgan fingerprint density at radius 2 is 2.12 bits per heavy atom. The minimum Gasteiger partial charge on any atom is -0.322 e. The third-order valence-electron chi connectivity index (χ3n) is 3.34. The average Bonchev–Trinajstić information content (AvgIpc) is 2.99. The van der Waals surface area contributed by atoms with E-state index in [-0.39, 0.29) is 17.5 Å². The van der Waals surface area contributed by atoms with Gasteiger partial charge in [0.25, 0.3) is 0 Å². The molecule has 3 N–H and O–H groups in total. The van der Waals surface area contributed by atoms with E-state index in [1.807, 2.05) is 0 Å². The smallest absolute Gasteiger partial charge is 0.241 e. The molecule has 1 aliphatic heterocycles. The first kappa shape index (κ1) is 9.72. The second-order valence-electron chi connectivity index (χ2n) is 4.37. The summed E-state index contributed by atoms with van der Waals surface area (Å²) in [6.07, 6.45) is 0.727. The highest BCUT2D eigenvalue weighted by Gasteiger charge is 2.49. The predicted molar refractivity (Wildman–Crippen MR) is 53.8 cm³/mol. The Morgan fingerprint density at radius 3 is 2.88 bits per heavy atom. The zero-order valence-electron chi connectivity index (χ0n) is 8.34. The molecule has 1 aromatic rings. The lowest BCUT2D eigenvalue weighted by molar-refractivity contribution is -0.117. The first-order valence-electron chi connectivity index (χ1n) is 5.13. The van der Waals surface area contributed by atoms with E-state index < -0.39 is 23.6 Å². The van der Waals surface area contributed by atoms with Gasteiger partial charge in [-0.05, 0) is 29.9 Å². The van der Waals surface area contributed by atoms with Crippen molar-refractivity contribution >= 4 is 11.6 Å². The number of hydrogen-bond donors (Lipinski definition) is 2. The van der Waals surface area contributed by atoms with Crippen LogP contribution in [-0.2, 0) is 4.79 Å². The Kier molecular flexibility index (Phi) is 1.83. The Bertz CT molecular complexity index is 489. The first-order valence-corrected chi connectivity index (χ1v) is 5.13. The molecule has 2 unspecified atom stereocenters. The maximum absolute atomic E-state index is 13.5. The molecular weight excluding hydrogens is 214 g/mol. The summed E-state index contributed by atoms with van der Waals surface area (Å²) in [4.78, 5) is 11.6. The molecule has 1 amide bonds. The number of amides is 1. The number of carbonyl (C=O) groups is 1. The highest BCUT2D eigenvalue weighted by Crippen LogP contribution is 2.53. The Labute approximate surface area is 90.6 Å². The molecule has 2 aliphatic rings. The summed E-state index contributed by atoms with van der Waals surface area (Å²) in [7, 11) is 0. The number of hydrogen-bond acceptors (Lipinski definition) is 2. The van der Waals surface area contributed by atoms with Crippen molar-refractivity contribution in [3.05, 3.63) is 29.3 Å². The van der Waals surface area contributed by atoms with Gasteiger partial charge in [-0.1, -0.05) is 0 Å². The van der Waals surface area contributed by atoms with E-state index in [1.54, 1.807) is 0 Å². The largest absolute Gasteiger partial charge is 0.322 e. The summed E-state index contributed by atoms with van der Waals surface area (Å²) < 4.78 is 26.6. The van der Waals surface area contributed by atoms with E-state index >= 15 is 0 Å². The van der Waals surface area contributed by atoms with Crippen molar-refractivity contribution in [2.24, 2.45) is 11.7 Å². The van der Waals surface area contributed by atoms with Gasteiger partial charge in [0.05, 0.1) is 11.7 Å². The van der Waals surface area contributed by atoms with Gasteiger partial charge in [0.2, 0.25) is 5.91 Å². The molecule has 0 bridgehead atoms. The van der Waals surface area contributed by atoms with Gasteiger partial charge in [-0.3, -0.25) is 4.79 Å². The first-order chi connectivity index (χ1) is 7.58. The Balaban J connectivity index is 2.15. The lowest BCUT2D eigenvalue weighted by Gasteiger charge is -2.10. The number of fused-ring (bicyclic) bond motifs is 3. The molecular formula is C11H10F2N2O. The van der Waals surface area contributed by atoms with E-state index in [1.165, 1.54) is 6.07 Å². The van der Waals surface area contributed by atoms with Crippen molar-refractivity contribution in [3.63, 3.8) is 0 Å². The number of benzene rings is 1. The fourth-order valence-electron chi connectivity index (χ4n) is 2.39. The molecule has 84 valence electrons. The van der Waals surface area contributed by atoms with Crippen molar-refractivity contribution in [2.45, 2.75) is 18.4 Å². The van der Waals surface area contributed by atoms with Crippen molar-refractivity contribution in [2.75, 3.05) is 5.32 Å². The number of rotatable bonds is 0. The zero-order chi connectivity index (χ0) is 11.4. The SMILES string of the molecule is NC1C(=O)Nc2c(F)cc(F)cc2[C@@H]2CC12. The van der Waals surface area contributed by atoms with Gasteiger partial charge in [0.1, 0.15) is 11.6 Å². The van der Waals surface area contributed by atoms with Crippen molar-refractivity contribution in [1.82, 2.24) is 0 Å². The monoisotopic (exact) mass is 224 g/mol. The molecule has 0 radical (unpaired) electrons. The highest BCUT2D eigenvalue weighted by molar-refractivity contribution is 5.97. The van der Waals surface area contributed by atoms with Crippen LogP contribution in [0, 0.1) is 17.6 Å². The Hall–Kier alpha value is -1.49. The van der Waals surface area contributed by atoms with Crippen LogP contribution in [0.25, 0.3) is 0 Å². The maximum atomic E-state index is 13.5. The number of anilines is 1. The van der Waals surface area contributed by atoms with Gasteiger partial charge in [0.15, 0.2) is 0 Å². The predicted octanol–water partition coefficient (Wildman–Crippen LogP) is 1.35. The van der Waals surface area contributed by atoms with Gasteiger partial charge in [0, 0.05) is 6.07 Å². The van der Waals surface area contributed by atoms with Crippen LogP contribution in [0.1, 0.15) is 17.9 Å². The van der Waals surface area contributed by atoms with Crippen molar-refractivity contribution in [1.29, 1.82) is 0 Å². The lowest BCUT2D eigenvalue weighted by Crippen LogP contribution is -2.36. The van der Waals surface area contributed by atoms with Crippen molar-refractivity contribution in [3.8, 4) is 0 Å². The van der Waals surface area contributed by atoms with E-state index in [4.69, 9.17) is 5.73 Å². The summed E-state index contributed by atoms with van der Waals surface area (Å²) in [5, 5.41) is 2.42. The maximum Gasteiger partial charge on any atom is 0.241 e. The minimum absolute atomic E-state index is 0.00847. The van der Waals surface area contributed by atoms with Crippen LogP contribution in [0.2, 0.25) is 0 Å². The summed E-state index contributed by atoms with van der Waals surface area (Å²) in [6.45, 7) is 0. The van der Waals surface area contributed by atoms with Gasteiger partial charge in [-0.25, -0.2) is 8.78 Å². The molecule has 0 aromatic heterocycles. The minimum atomic E-state index is -0.733. The molecule has 1 aromatic carbocycles. The van der Waals surface area contributed by atoms with Crippen LogP contribution in [0.4, 0.5) is 14.5 Å². The standard InChI is InChI=1S/C11H10F2N2O/c12-4-1-7-5-3-6(5)9(14)11(16)15-10(7)8(13)2-4/h1-2,5-6,9H,3,14H2,(H,15,16)/t5-,6?,9?/m1/s1. The lowest BCUT2D eigenvalue weighted by atomic mass is 10.1. The van der Waals surface area contributed by atoms with Crippen LogP contribution in [-0.4, -0.2) is 11.9 Å². The molecule has 1 heterocycles. The number of carbonyl (C=O) groups excluding carboxylic acids is 1. The highest BCUT2D eigenvalue weighted by atomic mass is 19.1. The normalized spacial score (nSPS) is 31.2. The molecule has 5 heteroatoms. The molecule has 3 rings (SSSR count). The van der Waals surface area contributed by atoms with Crippen molar-refractivity contribution < 1.29 is 13.6 Å². The van der Waals surface area contributed by atoms with E-state index in [2.05, 4.69) is 5.32 Å². The molecule has 3 atom stereocenters. The van der Waals surface area contributed by atoms with Gasteiger partial charge < -0.3 is 11.1 Å². The fraction of sp³-hybridized carbons (Fsp3) is 0.364. The molecule has 0 saturated heterocycles. The van der Waals surface area contributed by atoms with Crippen LogP contribution < -0.4 is 11.1 Å². The van der Waals surface area contributed by atoms with Crippen LogP contribution in [0.5, 0.6) is 0 Å². The number of nitrogens with two attached hydrogens (primary N) is 1. The van der Waals surface area contributed by atoms with Crippen LogP contribution in [0.3, 0.4) is 0 Å². The summed E-state index contributed by atoms with van der Waals surface area (Å²) in [5.74, 6) is -1.72. The second kappa shape index (κ2) is 3.01.